The average molecular weight is 1010 g/mol. The lowest BCUT2D eigenvalue weighted by Crippen LogP contribution is -2.61. The molecule has 4 aliphatic rings. The third-order valence-corrected chi connectivity index (χ3v) is 12.9. The summed E-state index contributed by atoms with van der Waals surface area (Å²) in [6, 6.07) is 4.48. The van der Waals surface area contributed by atoms with Crippen LogP contribution in [0.25, 0.3) is 0 Å². The number of aliphatic hydroxyl groups excluding tert-OH is 2. The zero-order valence-corrected chi connectivity index (χ0v) is 41.6. The first-order chi connectivity index (χ1) is 34.0. The van der Waals surface area contributed by atoms with Crippen LogP contribution in [0.5, 0.6) is 5.75 Å². The Kier molecular flexibility index (Phi) is 19.4. The summed E-state index contributed by atoms with van der Waals surface area (Å²) < 4.78 is 22.9. The van der Waals surface area contributed by atoms with Crippen molar-refractivity contribution in [3.05, 3.63) is 77.9 Å². The summed E-state index contributed by atoms with van der Waals surface area (Å²) in [7, 11) is 0. The lowest BCUT2D eigenvalue weighted by atomic mass is 9.93. The Labute approximate surface area is 417 Å². The number of aliphatic hydroxyl groups is 2. The van der Waals surface area contributed by atoms with E-state index in [9.17, 15) is 53.4 Å². The number of hydrogen-bond donors (Lipinski definition) is 9. The Morgan fingerprint density at radius 2 is 1.42 bits per heavy atom. The van der Waals surface area contributed by atoms with Crippen LogP contribution in [-0.2, 0) is 63.8 Å². The third-order valence-electron chi connectivity index (χ3n) is 12.9. The Morgan fingerprint density at radius 1 is 0.778 bits per heavy atom. The van der Waals surface area contributed by atoms with Gasteiger partial charge < -0.3 is 66.4 Å². The van der Waals surface area contributed by atoms with Crippen LogP contribution in [-0.4, -0.2) is 143 Å². The maximum atomic E-state index is 14.8. The van der Waals surface area contributed by atoms with Gasteiger partial charge in [-0.05, 0) is 61.9 Å². The summed E-state index contributed by atoms with van der Waals surface area (Å²) in [5.74, 6) is -10.8. The molecule has 2 fully saturated rings. The van der Waals surface area contributed by atoms with Crippen LogP contribution >= 0.6 is 0 Å². The number of cyclic esters (lactones) is 1. The van der Waals surface area contributed by atoms with E-state index in [1.165, 1.54) is 51.1 Å². The number of esters is 2. The molecule has 392 valence electrons. The van der Waals surface area contributed by atoms with Gasteiger partial charge in [0.1, 0.15) is 66.9 Å². The molecule has 2 aromatic carbocycles. The molecule has 72 heavy (non-hydrogen) atoms. The molecule has 13 unspecified atom stereocenters. The highest BCUT2D eigenvalue weighted by atomic mass is 16.6. The molecule has 6 rings (SSSR count). The summed E-state index contributed by atoms with van der Waals surface area (Å²) in [5.41, 5.74) is -0.284. The number of carbonyl (C=O) groups excluding carboxylic acids is 9. The molecular formula is C50H67N7O15. The number of ether oxygens (including phenoxy) is 4. The van der Waals surface area contributed by atoms with Crippen LogP contribution < -0.4 is 42.0 Å². The molecule has 4 heterocycles. The first-order valence-corrected chi connectivity index (χ1v) is 24.0. The van der Waals surface area contributed by atoms with Crippen molar-refractivity contribution < 1.29 is 72.3 Å². The van der Waals surface area contributed by atoms with Crippen LogP contribution in [0.15, 0.2) is 66.7 Å². The van der Waals surface area contributed by atoms with Crippen molar-refractivity contribution in [3.8, 4) is 5.75 Å². The number of hydrogen-bond acceptors (Lipinski definition) is 15. The summed E-state index contributed by atoms with van der Waals surface area (Å²) in [5, 5.41) is 39.5. The van der Waals surface area contributed by atoms with Gasteiger partial charge in [0, 0.05) is 12.5 Å². The molecule has 0 aromatic heterocycles. The van der Waals surface area contributed by atoms with Crippen molar-refractivity contribution in [1.82, 2.24) is 37.2 Å². The van der Waals surface area contributed by atoms with Gasteiger partial charge in [0.25, 0.3) is 0 Å². The maximum Gasteiger partial charge on any atom is 0.332 e. The molecule has 4 bridgehead atoms. The number of fused-ring (bicyclic) bond motifs is 9. The van der Waals surface area contributed by atoms with E-state index in [0.717, 1.165) is 6.08 Å². The Hall–Kier alpha value is -6.91. The zero-order valence-electron chi connectivity index (χ0n) is 41.6. The fourth-order valence-electron chi connectivity index (χ4n) is 7.88. The summed E-state index contributed by atoms with van der Waals surface area (Å²) in [6.07, 6.45) is -2.42. The number of epoxide rings is 1. The maximum absolute atomic E-state index is 14.8. The molecule has 2 aromatic rings. The SMILES string of the molecule is CCC(C)C1NC(=O)C(NC(=O)C(C)C(O)C(C)C)C(C)OC(=O)C2COC(=O)CNC(=O)C=CC3(CO3)C(C)Oc3ccc(cc3)C(NC1=O)C(=O)NC(Cc1ccccc1)C(=O)NC(C(C)O)C(=O)N2. The van der Waals surface area contributed by atoms with Gasteiger partial charge in [-0.1, -0.05) is 83.5 Å². The first-order valence-electron chi connectivity index (χ1n) is 24.0. The van der Waals surface area contributed by atoms with Crippen LogP contribution in [0.4, 0.5) is 0 Å². The standard InChI is InChI=1S/C50H67N7O15/c1-9-26(4)38-45(64)57-41-32-15-17-33(18-16-32)72-30(8)50(24-70-50)20-19-36(59)51-22-37(60)69-23-35(49(68)71-29(7)40(47(66)54-38)56-43(62)27(5)42(61)25(2)3)53-46(65)39(28(6)58)55-44(63)34(52-48(41)67)21-31-13-11-10-12-14-31/h10-20,25-30,34-35,38-42,58,61H,9,21-24H2,1-8H3,(H,51,59)(H,52,67)(H,53,65)(H,54,66)(H,55,63)(H,56,62)(H,57,64). The largest absolute Gasteiger partial charge is 0.487 e. The molecule has 4 aliphatic heterocycles. The van der Waals surface area contributed by atoms with Crippen molar-refractivity contribution in [2.24, 2.45) is 17.8 Å². The average Bonchev–Trinajstić information content (AvgIpc) is 4.15. The number of amides is 7. The van der Waals surface area contributed by atoms with E-state index < -0.39 is 150 Å². The van der Waals surface area contributed by atoms with Gasteiger partial charge in [0.15, 0.2) is 6.04 Å². The highest BCUT2D eigenvalue weighted by molar-refractivity contribution is 5.98. The van der Waals surface area contributed by atoms with Gasteiger partial charge in [-0.3, -0.25) is 38.4 Å². The fourth-order valence-corrected chi connectivity index (χ4v) is 7.88. The van der Waals surface area contributed by atoms with E-state index in [1.54, 1.807) is 65.0 Å². The van der Waals surface area contributed by atoms with Crippen molar-refractivity contribution in [2.45, 2.75) is 134 Å². The van der Waals surface area contributed by atoms with E-state index in [4.69, 9.17) is 18.9 Å². The Balaban J connectivity index is 1.70. The molecule has 9 N–H and O–H groups in total. The van der Waals surface area contributed by atoms with Crippen LogP contribution in [0, 0.1) is 17.8 Å². The highest BCUT2D eigenvalue weighted by Crippen LogP contribution is 2.35. The predicted octanol–water partition coefficient (Wildman–Crippen LogP) is -0.699. The van der Waals surface area contributed by atoms with Crippen LogP contribution in [0.1, 0.15) is 79.0 Å². The molecule has 0 aliphatic carbocycles. The highest BCUT2D eigenvalue weighted by Gasteiger charge is 2.49. The van der Waals surface area contributed by atoms with Gasteiger partial charge in [-0.15, -0.1) is 0 Å². The number of benzene rings is 2. The minimum atomic E-state index is -1.94. The van der Waals surface area contributed by atoms with Gasteiger partial charge in [0.05, 0.1) is 24.7 Å². The summed E-state index contributed by atoms with van der Waals surface area (Å²) in [4.78, 5) is 126. The topological polar surface area (TPSA) is 319 Å². The molecule has 22 nitrogen and oxygen atoms in total. The van der Waals surface area contributed by atoms with E-state index in [1.807, 2.05) is 0 Å². The van der Waals surface area contributed by atoms with Crippen LogP contribution in [0.3, 0.4) is 0 Å². The monoisotopic (exact) mass is 1010 g/mol. The molecule has 7 amide bonds. The second kappa shape index (κ2) is 25.0. The predicted molar refractivity (Wildman–Crippen MR) is 256 cm³/mol. The Morgan fingerprint density at radius 3 is 2.03 bits per heavy atom. The summed E-state index contributed by atoms with van der Waals surface area (Å²) in [6.45, 7) is 10.8. The van der Waals surface area contributed by atoms with Crippen molar-refractivity contribution >= 4 is 53.3 Å². The van der Waals surface area contributed by atoms with Crippen molar-refractivity contribution in [2.75, 3.05) is 19.8 Å². The fraction of sp³-hybridized carbons (Fsp3) is 0.540. The van der Waals surface area contributed by atoms with E-state index in [0.29, 0.717) is 17.7 Å². The molecule has 0 saturated carbocycles. The molecule has 0 radical (unpaired) electrons. The molecular weight excluding hydrogens is 939 g/mol. The first kappa shape index (κ1) is 56.0. The van der Waals surface area contributed by atoms with Gasteiger partial charge in [-0.2, -0.15) is 0 Å². The second-order valence-electron chi connectivity index (χ2n) is 18.8. The van der Waals surface area contributed by atoms with E-state index in [2.05, 4.69) is 37.2 Å². The lowest BCUT2D eigenvalue weighted by Gasteiger charge is -2.31. The molecule has 22 heteroatoms. The molecule has 1 spiro atoms. The smallest absolute Gasteiger partial charge is 0.332 e. The normalized spacial score (nSPS) is 28.9. The summed E-state index contributed by atoms with van der Waals surface area (Å²) >= 11 is 0. The number of nitrogens with one attached hydrogen (secondary N) is 7. The van der Waals surface area contributed by atoms with Gasteiger partial charge in [0.2, 0.25) is 41.4 Å². The zero-order chi connectivity index (χ0) is 53.0. The van der Waals surface area contributed by atoms with Crippen molar-refractivity contribution in [1.29, 1.82) is 0 Å². The molecule has 13 atom stereocenters. The second-order valence-corrected chi connectivity index (χ2v) is 18.8. The van der Waals surface area contributed by atoms with Crippen LogP contribution in [0.2, 0.25) is 0 Å². The third kappa shape index (κ3) is 14.8. The molecule has 2 saturated heterocycles. The van der Waals surface area contributed by atoms with Crippen molar-refractivity contribution in [3.63, 3.8) is 0 Å². The number of carbonyl (C=O) groups is 9. The minimum Gasteiger partial charge on any atom is -0.487 e. The quantitative estimate of drug-likeness (QED) is 0.111. The van der Waals surface area contributed by atoms with Gasteiger partial charge in [-0.25, -0.2) is 4.79 Å². The van der Waals surface area contributed by atoms with Gasteiger partial charge >= 0.3 is 11.9 Å². The number of rotatable bonds is 9. The minimum absolute atomic E-state index is 0.166. The Bertz CT molecular complexity index is 2320. The lowest BCUT2D eigenvalue weighted by molar-refractivity contribution is -0.160. The van der Waals surface area contributed by atoms with E-state index in [-0.39, 0.29) is 18.6 Å². The van der Waals surface area contributed by atoms with E-state index >= 15 is 0 Å².